The Labute approximate surface area is 119 Å². The number of methoxy groups -OCH3 is 1. The van der Waals surface area contributed by atoms with Crippen molar-refractivity contribution in [3.05, 3.63) is 45.5 Å². The summed E-state index contributed by atoms with van der Waals surface area (Å²) >= 11 is 0. The van der Waals surface area contributed by atoms with E-state index in [1.165, 1.54) is 7.11 Å². The quantitative estimate of drug-likeness (QED) is 0.456. The largest absolute Gasteiger partial charge is 0.469 e. The van der Waals surface area contributed by atoms with Gasteiger partial charge in [-0.1, -0.05) is 29.8 Å². The lowest BCUT2D eigenvalue weighted by molar-refractivity contribution is -0.565. The lowest BCUT2D eigenvalue weighted by Gasteiger charge is -2.27. The minimum atomic E-state index is -1.14. The summed E-state index contributed by atoms with van der Waals surface area (Å²) in [4.78, 5) is 22.3. The number of nitro groups is 1. The molecule has 0 bridgehead atoms. The zero-order chi connectivity index (χ0) is 15.3. The van der Waals surface area contributed by atoms with E-state index in [1.807, 2.05) is 31.2 Å². The lowest BCUT2D eigenvalue weighted by Crippen LogP contribution is -2.38. The lowest BCUT2D eigenvalue weighted by atomic mass is 9.79. The van der Waals surface area contributed by atoms with Crippen LogP contribution in [0.5, 0.6) is 0 Å². The summed E-state index contributed by atoms with van der Waals surface area (Å²) in [7, 11) is 1.32. The Morgan fingerprint density at radius 2 is 1.90 bits per heavy atom. The van der Waals surface area contributed by atoms with Crippen molar-refractivity contribution >= 4 is 5.97 Å². The van der Waals surface area contributed by atoms with E-state index in [-0.39, 0.29) is 23.2 Å². The van der Waals surface area contributed by atoms with Gasteiger partial charge in [-0.05, 0) is 18.9 Å². The van der Waals surface area contributed by atoms with Gasteiger partial charge in [0.25, 0.3) is 0 Å². The fraction of sp³-hybridized carbons (Fsp3) is 0.533. The maximum absolute atomic E-state index is 11.3. The molecule has 5 heteroatoms. The van der Waals surface area contributed by atoms with Gasteiger partial charge in [-0.2, -0.15) is 0 Å². The fourth-order valence-electron chi connectivity index (χ4n) is 2.22. The molecule has 0 saturated carbocycles. The molecule has 1 rings (SSSR count). The van der Waals surface area contributed by atoms with Gasteiger partial charge in [-0.3, -0.25) is 14.9 Å². The zero-order valence-corrected chi connectivity index (χ0v) is 12.4. The molecule has 0 aliphatic heterocycles. The van der Waals surface area contributed by atoms with E-state index < -0.39 is 5.54 Å². The number of aryl methyl sites for hydroxylation is 1. The normalized spacial score (nSPS) is 12.8. The molecule has 1 aromatic rings. The molecular weight excluding hydrogens is 258 g/mol. The zero-order valence-electron chi connectivity index (χ0n) is 12.4. The number of nitrogens with zero attached hydrogens (tertiary/aromatic N) is 1. The first-order valence-corrected chi connectivity index (χ1v) is 6.57. The van der Waals surface area contributed by atoms with E-state index in [4.69, 9.17) is 0 Å². The van der Waals surface area contributed by atoms with Crippen LogP contribution in [-0.4, -0.2) is 23.5 Å². The second-order valence-electron chi connectivity index (χ2n) is 5.49. The highest BCUT2D eigenvalue weighted by molar-refractivity contribution is 5.69. The van der Waals surface area contributed by atoms with Crippen LogP contribution in [-0.2, 0) is 9.53 Å². The Morgan fingerprint density at radius 1 is 1.35 bits per heavy atom. The summed E-state index contributed by atoms with van der Waals surface area (Å²) in [5, 5.41) is 11.3. The average molecular weight is 279 g/mol. The van der Waals surface area contributed by atoms with Crippen molar-refractivity contribution in [3.8, 4) is 0 Å². The van der Waals surface area contributed by atoms with Gasteiger partial charge >= 0.3 is 5.97 Å². The SMILES string of the molecule is COC(=O)CCC(c1ccc(C)cc1)C(C)(C)[N+](=O)[O-]. The summed E-state index contributed by atoms with van der Waals surface area (Å²) in [6.07, 6.45) is 0.566. The summed E-state index contributed by atoms with van der Waals surface area (Å²) in [6.45, 7) is 5.15. The van der Waals surface area contributed by atoms with Crippen LogP contribution in [0.3, 0.4) is 0 Å². The Bertz CT molecular complexity index is 479. The molecule has 5 nitrogen and oxygen atoms in total. The van der Waals surface area contributed by atoms with Crippen molar-refractivity contribution < 1.29 is 14.5 Å². The summed E-state index contributed by atoms with van der Waals surface area (Å²) in [6, 6.07) is 7.64. The number of carbonyl (C=O) groups excluding carboxylic acids is 1. The standard InChI is InChI=1S/C15H21NO4/c1-11-5-7-12(8-6-11)13(9-10-14(17)20-4)15(2,3)16(18)19/h5-8,13H,9-10H2,1-4H3. The second-order valence-corrected chi connectivity index (χ2v) is 5.49. The summed E-state index contributed by atoms with van der Waals surface area (Å²) in [5.74, 6) is -0.682. The van der Waals surface area contributed by atoms with Gasteiger partial charge in [0.2, 0.25) is 5.54 Å². The molecule has 1 unspecified atom stereocenters. The van der Waals surface area contributed by atoms with Crippen LogP contribution in [0.2, 0.25) is 0 Å². The van der Waals surface area contributed by atoms with Gasteiger partial charge in [0, 0.05) is 25.2 Å². The molecular formula is C15H21NO4. The van der Waals surface area contributed by atoms with E-state index in [9.17, 15) is 14.9 Å². The number of rotatable bonds is 6. The van der Waals surface area contributed by atoms with Crippen molar-refractivity contribution in [2.45, 2.75) is 45.1 Å². The number of carbonyl (C=O) groups is 1. The number of benzene rings is 1. The fourth-order valence-corrected chi connectivity index (χ4v) is 2.22. The maximum atomic E-state index is 11.3. The number of esters is 1. The van der Waals surface area contributed by atoms with Gasteiger partial charge in [0.15, 0.2) is 0 Å². The highest BCUT2D eigenvalue weighted by atomic mass is 16.6. The number of ether oxygens (including phenoxy) is 1. The molecule has 20 heavy (non-hydrogen) atoms. The van der Waals surface area contributed by atoms with E-state index in [2.05, 4.69) is 4.74 Å². The third kappa shape index (κ3) is 3.79. The molecule has 0 saturated heterocycles. The van der Waals surface area contributed by atoms with Crippen LogP contribution < -0.4 is 0 Å². The van der Waals surface area contributed by atoms with Crippen LogP contribution >= 0.6 is 0 Å². The molecule has 0 amide bonds. The summed E-state index contributed by atoms with van der Waals surface area (Å²) in [5.41, 5.74) is 0.837. The van der Waals surface area contributed by atoms with E-state index >= 15 is 0 Å². The van der Waals surface area contributed by atoms with E-state index in [0.717, 1.165) is 11.1 Å². The third-order valence-electron chi connectivity index (χ3n) is 3.67. The number of hydrogen-bond donors (Lipinski definition) is 0. The highest BCUT2D eigenvalue weighted by Crippen LogP contribution is 2.34. The molecule has 0 aliphatic rings. The Balaban J connectivity index is 3.04. The Hall–Kier alpha value is -1.91. The molecule has 0 aliphatic carbocycles. The van der Waals surface area contributed by atoms with E-state index in [1.54, 1.807) is 13.8 Å². The molecule has 0 N–H and O–H groups in total. The van der Waals surface area contributed by atoms with Gasteiger partial charge in [0.1, 0.15) is 0 Å². The van der Waals surface area contributed by atoms with Crippen LogP contribution in [0.15, 0.2) is 24.3 Å². The van der Waals surface area contributed by atoms with Crippen LogP contribution in [0.4, 0.5) is 0 Å². The predicted molar refractivity (Wildman–Crippen MR) is 76.2 cm³/mol. The van der Waals surface area contributed by atoms with Gasteiger partial charge in [-0.25, -0.2) is 0 Å². The monoisotopic (exact) mass is 279 g/mol. The molecule has 0 heterocycles. The molecule has 1 atom stereocenters. The first-order chi connectivity index (χ1) is 9.28. The highest BCUT2D eigenvalue weighted by Gasteiger charge is 2.41. The Kier molecular flexibility index (Phi) is 5.25. The van der Waals surface area contributed by atoms with Crippen LogP contribution in [0, 0.1) is 17.0 Å². The summed E-state index contributed by atoms with van der Waals surface area (Å²) < 4.78 is 4.62. The minimum Gasteiger partial charge on any atom is -0.469 e. The first-order valence-electron chi connectivity index (χ1n) is 6.57. The third-order valence-corrected chi connectivity index (χ3v) is 3.67. The van der Waals surface area contributed by atoms with Gasteiger partial charge in [-0.15, -0.1) is 0 Å². The second kappa shape index (κ2) is 6.50. The first kappa shape index (κ1) is 16.1. The van der Waals surface area contributed by atoms with E-state index in [0.29, 0.717) is 6.42 Å². The molecule has 1 aromatic carbocycles. The van der Waals surface area contributed by atoms with Gasteiger partial charge < -0.3 is 4.74 Å². The van der Waals surface area contributed by atoms with Crippen molar-refractivity contribution in [3.63, 3.8) is 0 Å². The van der Waals surface area contributed by atoms with Gasteiger partial charge in [0.05, 0.1) is 13.0 Å². The molecule has 0 spiro atoms. The Morgan fingerprint density at radius 3 is 2.35 bits per heavy atom. The minimum absolute atomic E-state index is 0.173. The topological polar surface area (TPSA) is 69.4 Å². The maximum Gasteiger partial charge on any atom is 0.305 e. The van der Waals surface area contributed by atoms with Crippen molar-refractivity contribution in [1.29, 1.82) is 0 Å². The van der Waals surface area contributed by atoms with Crippen molar-refractivity contribution in [2.75, 3.05) is 7.11 Å². The smallest absolute Gasteiger partial charge is 0.305 e. The van der Waals surface area contributed by atoms with Crippen LogP contribution in [0.1, 0.15) is 43.7 Å². The molecule has 0 radical (unpaired) electrons. The molecule has 0 aromatic heterocycles. The molecule has 0 fully saturated rings. The molecule has 110 valence electrons. The van der Waals surface area contributed by atoms with Crippen LogP contribution in [0.25, 0.3) is 0 Å². The van der Waals surface area contributed by atoms with Crippen molar-refractivity contribution in [1.82, 2.24) is 0 Å². The van der Waals surface area contributed by atoms with Crippen molar-refractivity contribution in [2.24, 2.45) is 0 Å². The predicted octanol–water partition coefficient (Wildman–Crippen LogP) is 3.09. The average Bonchev–Trinajstić information content (AvgIpc) is 2.40. The number of hydrogen-bond acceptors (Lipinski definition) is 4.